The Morgan fingerprint density at radius 3 is 2.92 bits per heavy atom. The molecule has 2 aliphatic rings. The molecule has 134 valence electrons. The molecule has 0 saturated carbocycles. The minimum atomic E-state index is -0.297. The maximum Gasteiger partial charge on any atom is 0.284 e. The number of rotatable bonds is 3. The van der Waals surface area contributed by atoms with Crippen LogP contribution in [0.5, 0.6) is 0 Å². The summed E-state index contributed by atoms with van der Waals surface area (Å²) < 4.78 is 0. The summed E-state index contributed by atoms with van der Waals surface area (Å²) in [6.45, 7) is 0.797. The molecule has 2 amide bonds. The van der Waals surface area contributed by atoms with Gasteiger partial charge in [-0.3, -0.25) is 14.5 Å². The summed E-state index contributed by atoms with van der Waals surface area (Å²) in [5, 5.41) is 5.72. The second-order valence-corrected chi connectivity index (χ2v) is 7.79. The first-order valence-electron chi connectivity index (χ1n) is 8.21. The fraction of sp³-hybridized carbons (Fsp3) is 0.294. The first kappa shape index (κ1) is 17.4. The number of hydrogen-bond donors (Lipinski definition) is 1. The molecular weight excluding hydrogens is 392 g/mol. The number of carbonyl (C=O) groups is 2. The average molecular weight is 407 g/mol. The number of halogens is 1. The predicted octanol–water partition coefficient (Wildman–Crippen LogP) is 3.53. The number of nitrogens with zero attached hydrogens (tertiary/aromatic N) is 3. The minimum Gasteiger partial charge on any atom is -0.336 e. The van der Waals surface area contributed by atoms with Gasteiger partial charge in [-0.05, 0) is 49.7 Å². The highest BCUT2D eigenvalue weighted by atomic mass is 35.5. The van der Waals surface area contributed by atoms with Crippen LogP contribution in [0.3, 0.4) is 0 Å². The Morgan fingerprint density at radius 1 is 1.38 bits per heavy atom. The molecule has 1 atom stereocenters. The van der Waals surface area contributed by atoms with Crippen LogP contribution in [0.15, 0.2) is 29.8 Å². The lowest BCUT2D eigenvalue weighted by molar-refractivity contribution is -0.120. The number of fused-ring (bicyclic) bond motifs is 1. The van der Waals surface area contributed by atoms with Crippen molar-refractivity contribution >= 4 is 63.5 Å². The lowest BCUT2D eigenvalue weighted by Crippen LogP contribution is -2.38. The van der Waals surface area contributed by atoms with Gasteiger partial charge in [0, 0.05) is 23.8 Å². The molecule has 0 radical (unpaired) electrons. The molecule has 2 saturated heterocycles. The molecule has 2 aromatic rings. The smallest absolute Gasteiger partial charge is 0.284 e. The quantitative estimate of drug-likeness (QED) is 0.790. The highest BCUT2D eigenvalue weighted by Gasteiger charge is 2.44. The summed E-state index contributed by atoms with van der Waals surface area (Å²) in [4.78, 5) is 32.4. The van der Waals surface area contributed by atoms with E-state index in [4.69, 9.17) is 23.8 Å². The van der Waals surface area contributed by atoms with Crippen LogP contribution in [-0.2, 0) is 4.79 Å². The molecular formula is C17H15ClN4O2S2. The second-order valence-electron chi connectivity index (χ2n) is 6.12. The van der Waals surface area contributed by atoms with Crippen molar-refractivity contribution < 1.29 is 9.59 Å². The molecule has 1 N–H and O–H groups in total. The van der Waals surface area contributed by atoms with Crippen LogP contribution in [0, 0.1) is 0 Å². The maximum absolute atomic E-state index is 12.8. The van der Waals surface area contributed by atoms with Gasteiger partial charge >= 0.3 is 0 Å². The van der Waals surface area contributed by atoms with Crippen molar-refractivity contribution in [2.45, 2.75) is 25.3 Å². The topological polar surface area (TPSA) is 65.5 Å². The van der Waals surface area contributed by atoms with Crippen molar-refractivity contribution in [1.82, 2.24) is 9.88 Å². The fourth-order valence-corrected chi connectivity index (χ4v) is 4.50. The third-order valence-electron chi connectivity index (χ3n) is 4.52. The Balaban J connectivity index is 1.57. The lowest BCUT2D eigenvalue weighted by atomic mass is 10.0. The van der Waals surface area contributed by atoms with Gasteiger partial charge in [-0.1, -0.05) is 11.6 Å². The van der Waals surface area contributed by atoms with Gasteiger partial charge in [-0.25, -0.2) is 4.98 Å². The number of amides is 2. The van der Waals surface area contributed by atoms with Crippen molar-refractivity contribution in [3.63, 3.8) is 0 Å². The van der Waals surface area contributed by atoms with Crippen LogP contribution in [0.1, 0.15) is 29.1 Å². The van der Waals surface area contributed by atoms with Crippen LogP contribution >= 0.6 is 35.2 Å². The van der Waals surface area contributed by atoms with E-state index in [1.54, 1.807) is 29.8 Å². The first-order chi connectivity index (χ1) is 12.6. The zero-order valence-corrected chi connectivity index (χ0v) is 16.0. The van der Waals surface area contributed by atoms with E-state index in [-0.39, 0.29) is 17.9 Å². The highest BCUT2D eigenvalue weighted by Crippen LogP contribution is 2.36. The van der Waals surface area contributed by atoms with Crippen molar-refractivity contribution in [1.29, 1.82) is 0 Å². The summed E-state index contributed by atoms with van der Waals surface area (Å²) in [7, 11) is 0. The Labute approximate surface area is 164 Å². The van der Waals surface area contributed by atoms with Gasteiger partial charge in [0.25, 0.3) is 11.8 Å². The van der Waals surface area contributed by atoms with Gasteiger partial charge < -0.3 is 10.2 Å². The largest absolute Gasteiger partial charge is 0.336 e. The summed E-state index contributed by atoms with van der Waals surface area (Å²) in [5.41, 5.74) is 1.08. The van der Waals surface area contributed by atoms with E-state index in [0.29, 0.717) is 26.5 Å². The third-order valence-corrected chi connectivity index (χ3v) is 6.01. The SMILES string of the molecule is O=C(Nc1ccc(N2C(=O)C3CCCCN3C2=S)c(Cl)c1)c1nccs1. The van der Waals surface area contributed by atoms with E-state index in [1.165, 1.54) is 16.2 Å². The van der Waals surface area contributed by atoms with E-state index in [2.05, 4.69) is 10.3 Å². The Hall–Kier alpha value is -2.03. The molecule has 0 aliphatic carbocycles. The van der Waals surface area contributed by atoms with Crippen LogP contribution in [0.2, 0.25) is 5.02 Å². The summed E-state index contributed by atoms with van der Waals surface area (Å²) in [6, 6.07) is 4.86. The number of carbonyl (C=O) groups excluding carboxylic acids is 2. The van der Waals surface area contributed by atoms with Crippen molar-refractivity contribution in [2.24, 2.45) is 0 Å². The second kappa shape index (κ2) is 6.94. The molecule has 1 unspecified atom stereocenters. The first-order valence-corrected chi connectivity index (χ1v) is 9.88. The van der Waals surface area contributed by atoms with Crippen LogP contribution in [-0.4, -0.2) is 39.4 Å². The van der Waals surface area contributed by atoms with Crippen LogP contribution in [0.4, 0.5) is 11.4 Å². The Morgan fingerprint density at radius 2 is 2.23 bits per heavy atom. The summed E-state index contributed by atoms with van der Waals surface area (Å²) in [5.74, 6) is -0.329. The van der Waals surface area contributed by atoms with Gasteiger partial charge in [-0.2, -0.15) is 0 Å². The van der Waals surface area contributed by atoms with Crippen molar-refractivity contribution in [3.05, 3.63) is 39.8 Å². The minimum absolute atomic E-state index is 0.0313. The fourth-order valence-electron chi connectivity index (χ4n) is 3.30. The molecule has 26 heavy (non-hydrogen) atoms. The van der Waals surface area contributed by atoms with Crippen molar-refractivity contribution in [2.75, 3.05) is 16.8 Å². The molecule has 2 aliphatic heterocycles. The number of benzene rings is 1. The van der Waals surface area contributed by atoms with Gasteiger partial charge in [0.15, 0.2) is 10.1 Å². The Kier molecular flexibility index (Phi) is 4.64. The third kappa shape index (κ3) is 2.98. The number of thiocarbonyl (C=S) groups is 1. The summed E-state index contributed by atoms with van der Waals surface area (Å²) in [6.07, 6.45) is 4.45. The molecule has 1 aromatic heterocycles. The number of nitrogens with one attached hydrogen (secondary N) is 1. The number of thiazole rings is 1. The number of piperidine rings is 1. The summed E-state index contributed by atoms with van der Waals surface area (Å²) >= 11 is 13.2. The molecule has 0 spiro atoms. The van der Waals surface area contributed by atoms with Crippen molar-refractivity contribution in [3.8, 4) is 0 Å². The van der Waals surface area contributed by atoms with E-state index >= 15 is 0 Å². The Bertz CT molecular complexity index is 863. The average Bonchev–Trinajstić information content (AvgIpc) is 3.25. The van der Waals surface area contributed by atoms with Crippen LogP contribution in [0.25, 0.3) is 0 Å². The molecule has 4 rings (SSSR count). The van der Waals surface area contributed by atoms with E-state index < -0.39 is 0 Å². The molecule has 3 heterocycles. The van der Waals surface area contributed by atoms with Gasteiger partial charge in [0.1, 0.15) is 6.04 Å². The molecule has 9 heteroatoms. The van der Waals surface area contributed by atoms with E-state index in [1.807, 2.05) is 4.90 Å². The molecule has 0 bridgehead atoms. The lowest BCUT2D eigenvalue weighted by Gasteiger charge is -2.28. The maximum atomic E-state index is 12.8. The predicted molar refractivity (Wildman–Crippen MR) is 106 cm³/mol. The standard InChI is InChI=1S/C17H15ClN4O2S2/c18-11-9-10(20-14(23)15-19-6-8-26-15)4-5-12(11)22-16(24)13-3-1-2-7-21(13)17(22)25/h4-6,8-9,13H,1-3,7H2,(H,20,23). The number of hydrogen-bond acceptors (Lipinski definition) is 5. The van der Waals surface area contributed by atoms with Crippen LogP contribution < -0.4 is 10.2 Å². The molecule has 2 fully saturated rings. The number of aromatic nitrogens is 1. The van der Waals surface area contributed by atoms with E-state index in [0.717, 1.165) is 25.8 Å². The molecule has 6 nitrogen and oxygen atoms in total. The highest BCUT2D eigenvalue weighted by molar-refractivity contribution is 7.80. The zero-order chi connectivity index (χ0) is 18.3. The van der Waals surface area contributed by atoms with Gasteiger partial charge in [0.05, 0.1) is 10.7 Å². The monoisotopic (exact) mass is 406 g/mol. The van der Waals surface area contributed by atoms with E-state index in [9.17, 15) is 9.59 Å². The number of anilines is 2. The van der Waals surface area contributed by atoms with Gasteiger partial charge in [-0.15, -0.1) is 11.3 Å². The zero-order valence-electron chi connectivity index (χ0n) is 13.6. The van der Waals surface area contributed by atoms with Gasteiger partial charge in [0.2, 0.25) is 0 Å². The normalized spacial score (nSPS) is 19.7. The molecule has 1 aromatic carbocycles.